The monoisotopic (exact) mass is 292 g/mol. The molecular weight excluding hydrogens is 284 g/mol. The molecule has 12 heavy (non-hydrogen) atoms. The van der Waals surface area contributed by atoms with E-state index < -0.39 is 0 Å². The van der Waals surface area contributed by atoms with Gasteiger partial charge < -0.3 is 11.5 Å². The van der Waals surface area contributed by atoms with Crippen molar-refractivity contribution >= 4 is 37.5 Å². The maximum Gasteiger partial charge on any atom is 0.0603 e. The van der Waals surface area contributed by atoms with Gasteiger partial charge in [-0.15, -0.1) is 0 Å². The van der Waals surface area contributed by atoms with Crippen molar-refractivity contribution in [3.8, 4) is 0 Å². The summed E-state index contributed by atoms with van der Waals surface area (Å²) in [5, 5.41) is 0. The largest absolute Gasteiger partial charge is 0.397 e. The second kappa shape index (κ2) is 4.25. The van der Waals surface area contributed by atoms with Crippen molar-refractivity contribution in [1.29, 1.82) is 0 Å². The van der Waals surface area contributed by atoms with E-state index in [4.69, 9.17) is 11.5 Å². The van der Waals surface area contributed by atoms with Crippen molar-refractivity contribution in [2.24, 2.45) is 5.73 Å². The first-order valence-electron chi connectivity index (χ1n) is 3.58. The summed E-state index contributed by atoms with van der Waals surface area (Å²) in [6.07, 6.45) is 0.872. The molecule has 0 aliphatic heterocycles. The fourth-order valence-electron chi connectivity index (χ4n) is 0.948. The summed E-state index contributed by atoms with van der Waals surface area (Å²) in [6, 6.07) is 3.99. The minimum Gasteiger partial charge on any atom is -0.397 e. The minimum atomic E-state index is 0.656. The summed E-state index contributed by atoms with van der Waals surface area (Å²) in [4.78, 5) is 0. The molecule has 0 spiro atoms. The summed E-state index contributed by atoms with van der Waals surface area (Å²) >= 11 is 6.74. The summed E-state index contributed by atoms with van der Waals surface area (Å²) in [5.74, 6) is 0. The van der Waals surface area contributed by atoms with Gasteiger partial charge in [0.15, 0.2) is 0 Å². The van der Waals surface area contributed by atoms with E-state index in [0.717, 1.165) is 21.1 Å². The van der Waals surface area contributed by atoms with Crippen LogP contribution in [0.4, 0.5) is 5.69 Å². The van der Waals surface area contributed by atoms with E-state index in [1.165, 1.54) is 5.56 Å². The van der Waals surface area contributed by atoms with E-state index in [0.29, 0.717) is 6.54 Å². The highest BCUT2D eigenvalue weighted by Crippen LogP contribution is 2.29. The quantitative estimate of drug-likeness (QED) is 0.822. The van der Waals surface area contributed by atoms with E-state index >= 15 is 0 Å². The SMILES string of the molecule is NCCc1cc(Br)c(N)c(Br)c1. The van der Waals surface area contributed by atoms with Crippen molar-refractivity contribution < 1.29 is 0 Å². The molecular formula is C8H10Br2N2. The average Bonchev–Trinajstić information content (AvgIpc) is 2.01. The molecule has 0 saturated carbocycles. The number of hydrogen-bond donors (Lipinski definition) is 2. The highest BCUT2D eigenvalue weighted by Gasteiger charge is 2.02. The van der Waals surface area contributed by atoms with Crippen molar-refractivity contribution in [2.45, 2.75) is 6.42 Å². The van der Waals surface area contributed by atoms with Crippen molar-refractivity contribution in [1.82, 2.24) is 0 Å². The molecule has 4 heteroatoms. The molecule has 0 fully saturated rings. The van der Waals surface area contributed by atoms with Crippen LogP contribution in [0.15, 0.2) is 21.1 Å². The number of hydrogen-bond acceptors (Lipinski definition) is 2. The number of benzene rings is 1. The lowest BCUT2D eigenvalue weighted by molar-refractivity contribution is 0.967. The van der Waals surface area contributed by atoms with Gasteiger partial charge in [-0.25, -0.2) is 0 Å². The molecule has 0 heterocycles. The van der Waals surface area contributed by atoms with Gasteiger partial charge in [0.1, 0.15) is 0 Å². The van der Waals surface area contributed by atoms with Crippen LogP contribution in [0.25, 0.3) is 0 Å². The zero-order chi connectivity index (χ0) is 9.14. The van der Waals surface area contributed by atoms with E-state index in [9.17, 15) is 0 Å². The molecule has 0 aliphatic rings. The van der Waals surface area contributed by atoms with Crippen LogP contribution < -0.4 is 11.5 Å². The molecule has 0 saturated heterocycles. The molecule has 2 nitrogen and oxygen atoms in total. The molecule has 0 aromatic heterocycles. The van der Waals surface area contributed by atoms with Gasteiger partial charge in [0.25, 0.3) is 0 Å². The number of nitrogen functional groups attached to an aromatic ring is 1. The average molecular weight is 294 g/mol. The van der Waals surface area contributed by atoms with Crippen LogP contribution >= 0.6 is 31.9 Å². The molecule has 0 unspecified atom stereocenters. The third-order valence-electron chi connectivity index (χ3n) is 1.57. The summed E-state index contributed by atoms with van der Waals surface area (Å²) in [5.41, 5.74) is 13.1. The van der Waals surface area contributed by atoms with Gasteiger partial charge >= 0.3 is 0 Å². The highest BCUT2D eigenvalue weighted by molar-refractivity contribution is 9.11. The normalized spacial score (nSPS) is 10.2. The fourth-order valence-corrected chi connectivity index (χ4v) is 2.23. The molecule has 4 N–H and O–H groups in total. The number of halogens is 2. The molecule has 0 bridgehead atoms. The van der Waals surface area contributed by atoms with Crippen LogP contribution in [0.3, 0.4) is 0 Å². The Bertz CT molecular complexity index is 263. The predicted molar refractivity (Wildman–Crippen MR) is 59.0 cm³/mol. The molecule has 1 aromatic carbocycles. The smallest absolute Gasteiger partial charge is 0.0603 e. The van der Waals surface area contributed by atoms with Gasteiger partial charge in [0, 0.05) is 8.95 Å². The van der Waals surface area contributed by atoms with Crippen LogP contribution in [0, 0.1) is 0 Å². The van der Waals surface area contributed by atoms with Gasteiger partial charge in [0.2, 0.25) is 0 Å². The van der Waals surface area contributed by atoms with E-state index in [1.54, 1.807) is 0 Å². The Balaban J connectivity index is 3.04. The Hall–Kier alpha value is -0.0600. The standard InChI is InChI=1S/C8H10Br2N2/c9-6-3-5(1-2-11)4-7(10)8(6)12/h3-4H,1-2,11-12H2. The van der Waals surface area contributed by atoms with Gasteiger partial charge in [-0.3, -0.25) is 0 Å². The molecule has 66 valence electrons. The maximum absolute atomic E-state index is 5.72. The van der Waals surface area contributed by atoms with Crippen molar-refractivity contribution in [3.05, 3.63) is 26.6 Å². The van der Waals surface area contributed by atoms with Gasteiger partial charge in [-0.2, -0.15) is 0 Å². The van der Waals surface area contributed by atoms with Crippen molar-refractivity contribution in [2.75, 3.05) is 12.3 Å². The predicted octanol–water partition coefficient (Wildman–Crippen LogP) is 2.29. The number of rotatable bonds is 2. The summed E-state index contributed by atoms with van der Waals surface area (Å²) in [7, 11) is 0. The highest BCUT2D eigenvalue weighted by atomic mass is 79.9. The van der Waals surface area contributed by atoms with E-state index in [2.05, 4.69) is 31.9 Å². The zero-order valence-corrected chi connectivity index (χ0v) is 9.65. The maximum atomic E-state index is 5.72. The van der Waals surface area contributed by atoms with Crippen LogP contribution in [0.1, 0.15) is 5.56 Å². The fraction of sp³-hybridized carbons (Fsp3) is 0.250. The third-order valence-corrected chi connectivity index (χ3v) is 2.88. The Morgan fingerprint density at radius 3 is 2.08 bits per heavy atom. The lowest BCUT2D eigenvalue weighted by atomic mass is 10.1. The minimum absolute atomic E-state index is 0.656. The van der Waals surface area contributed by atoms with Gasteiger partial charge in [-0.1, -0.05) is 0 Å². The molecule has 1 aromatic rings. The first-order chi connectivity index (χ1) is 5.65. The first kappa shape index (κ1) is 10.0. The van der Waals surface area contributed by atoms with Gasteiger partial charge in [-0.05, 0) is 62.5 Å². The molecule has 0 amide bonds. The Morgan fingerprint density at radius 1 is 1.17 bits per heavy atom. The van der Waals surface area contributed by atoms with Crippen LogP contribution in [-0.4, -0.2) is 6.54 Å². The summed E-state index contributed by atoms with van der Waals surface area (Å²) < 4.78 is 1.83. The van der Waals surface area contributed by atoms with E-state index in [1.807, 2.05) is 12.1 Å². The van der Waals surface area contributed by atoms with Crippen molar-refractivity contribution in [3.63, 3.8) is 0 Å². The molecule has 0 radical (unpaired) electrons. The Kier molecular flexibility index (Phi) is 3.55. The first-order valence-corrected chi connectivity index (χ1v) is 5.17. The summed E-state index contributed by atoms with van der Waals surface area (Å²) in [6.45, 7) is 0.656. The van der Waals surface area contributed by atoms with Gasteiger partial charge in [0.05, 0.1) is 5.69 Å². The van der Waals surface area contributed by atoms with Crippen LogP contribution in [0.2, 0.25) is 0 Å². The van der Waals surface area contributed by atoms with Crippen LogP contribution in [-0.2, 0) is 6.42 Å². The molecule has 0 aliphatic carbocycles. The topological polar surface area (TPSA) is 52.0 Å². The third kappa shape index (κ3) is 2.21. The lowest BCUT2D eigenvalue weighted by Gasteiger charge is -2.05. The molecule has 0 atom stereocenters. The van der Waals surface area contributed by atoms with Crippen LogP contribution in [0.5, 0.6) is 0 Å². The second-order valence-corrected chi connectivity index (χ2v) is 4.22. The number of anilines is 1. The Labute approximate surface area is 88.6 Å². The second-order valence-electron chi connectivity index (χ2n) is 2.51. The Morgan fingerprint density at radius 2 is 1.67 bits per heavy atom. The zero-order valence-electron chi connectivity index (χ0n) is 6.48. The van der Waals surface area contributed by atoms with E-state index in [-0.39, 0.29) is 0 Å². The number of nitrogens with two attached hydrogens (primary N) is 2. The lowest BCUT2D eigenvalue weighted by Crippen LogP contribution is -2.03. The molecule has 1 rings (SSSR count).